The normalized spacial score (nSPS) is 17.6. The van der Waals surface area contributed by atoms with E-state index < -0.39 is 0 Å². The van der Waals surface area contributed by atoms with Crippen molar-refractivity contribution in [2.24, 2.45) is 5.92 Å². The molecule has 1 fully saturated rings. The minimum absolute atomic E-state index is 0.0116. The summed E-state index contributed by atoms with van der Waals surface area (Å²) in [4.78, 5) is 26.2. The van der Waals surface area contributed by atoms with Gasteiger partial charge in [0.2, 0.25) is 11.8 Å². The zero-order chi connectivity index (χ0) is 16.4. The largest absolute Gasteiger partial charge is 0.467 e. The van der Waals surface area contributed by atoms with E-state index in [0.717, 1.165) is 22.6 Å². The lowest BCUT2D eigenvalue weighted by molar-refractivity contribution is -0.128. The standard InChI is InChI=1S/C18H20N2O3/c1-12-5-6-13(2)16(8-12)19-18(22)14-9-17(21)20(10-14)11-15-4-3-7-23-15/h3-8,14H,9-11H2,1-2H3,(H,19,22)/t14-/m1/s1. The summed E-state index contributed by atoms with van der Waals surface area (Å²) in [6.07, 6.45) is 1.83. The number of anilines is 1. The molecule has 5 heteroatoms. The molecule has 1 aliphatic heterocycles. The Hall–Kier alpha value is -2.56. The van der Waals surface area contributed by atoms with Crippen LogP contribution in [0.4, 0.5) is 5.69 Å². The number of hydrogen-bond acceptors (Lipinski definition) is 3. The Morgan fingerprint density at radius 1 is 1.35 bits per heavy atom. The van der Waals surface area contributed by atoms with Crippen molar-refractivity contribution in [3.8, 4) is 0 Å². The van der Waals surface area contributed by atoms with Crippen LogP contribution in [-0.4, -0.2) is 23.3 Å². The number of nitrogens with one attached hydrogen (secondary N) is 1. The van der Waals surface area contributed by atoms with Crippen LogP contribution in [0.1, 0.15) is 23.3 Å². The van der Waals surface area contributed by atoms with Crippen molar-refractivity contribution in [1.29, 1.82) is 0 Å². The second-order valence-corrected chi connectivity index (χ2v) is 6.06. The number of nitrogens with zero attached hydrogens (tertiary/aromatic N) is 1. The lowest BCUT2D eigenvalue weighted by Crippen LogP contribution is -2.28. The molecular formula is C18H20N2O3. The summed E-state index contributed by atoms with van der Waals surface area (Å²) < 4.78 is 5.27. The lowest BCUT2D eigenvalue weighted by atomic mass is 10.1. The molecule has 0 spiro atoms. The number of furan rings is 1. The molecule has 2 amide bonds. The van der Waals surface area contributed by atoms with Crippen molar-refractivity contribution >= 4 is 17.5 Å². The highest BCUT2D eigenvalue weighted by molar-refractivity contribution is 5.97. The molecule has 0 bridgehead atoms. The van der Waals surface area contributed by atoms with Crippen LogP contribution in [0.5, 0.6) is 0 Å². The predicted molar refractivity (Wildman–Crippen MR) is 86.8 cm³/mol. The molecule has 1 N–H and O–H groups in total. The summed E-state index contributed by atoms with van der Waals surface area (Å²) >= 11 is 0. The van der Waals surface area contributed by atoms with Crippen LogP contribution in [0.3, 0.4) is 0 Å². The molecule has 23 heavy (non-hydrogen) atoms. The van der Waals surface area contributed by atoms with Crippen molar-refractivity contribution in [2.45, 2.75) is 26.8 Å². The molecular weight excluding hydrogens is 292 g/mol. The van der Waals surface area contributed by atoms with Crippen LogP contribution >= 0.6 is 0 Å². The van der Waals surface area contributed by atoms with Gasteiger partial charge in [-0.1, -0.05) is 12.1 Å². The maximum Gasteiger partial charge on any atom is 0.229 e. The van der Waals surface area contributed by atoms with Gasteiger partial charge in [-0.2, -0.15) is 0 Å². The molecule has 0 radical (unpaired) electrons. The molecule has 2 heterocycles. The van der Waals surface area contributed by atoms with Gasteiger partial charge in [0, 0.05) is 18.7 Å². The van der Waals surface area contributed by atoms with E-state index in [0.29, 0.717) is 13.1 Å². The predicted octanol–water partition coefficient (Wildman–Crippen LogP) is 2.88. The second kappa shape index (κ2) is 6.28. The SMILES string of the molecule is Cc1ccc(C)c(NC(=O)[C@@H]2CC(=O)N(Cc3ccco3)C2)c1. The van der Waals surface area contributed by atoms with E-state index in [2.05, 4.69) is 5.32 Å². The summed E-state index contributed by atoms with van der Waals surface area (Å²) in [5.74, 6) is 0.294. The highest BCUT2D eigenvalue weighted by Crippen LogP contribution is 2.23. The first kappa shape index (κ1) is 15.3. The van der Waals surface area contributed by atoms with E-state index in [4.69, 9.17) is 4.42 Å². The van der Waals surface area contributed by atoms with Gasteiger partial charge < -0.3 is 14.6 Å². The fourth-order valence-electron chi connectivity index (χ4n) is 2.80. The van der Waals surface area contributed by atoms with E-state index in [1.165, 1.54) is 0 Å². The van der Waals surface area contributed by atoms with Crippen LogP contribution in [0.2, 0.25) is 0 Å². The average Bonchev–Trinajstić information content (AvgIpc) is 3.14. The lowest BCUT2D eigenvalue weighted by Gasteiger charge is -2.15. The maximum absolute atomic E-state index is 12.5. The Bertz CT molecular complexity index is 722. The molecule has 1 aromatic heterocycles. The number of carbonyl (C=O) groups excluding carboxylic acids is 2. The summed E-state index contributed by atoms with van der Waals surface area (Å²) in [6, 6.07) is 9.56. The summed E-state index contributed by atoms with van der Waals surface area (Å²) in [7, 11) is 0. The van der Waals surface area contributed by atoms with E-state index in [9.17, 15) is 9.59 Å². The highest BCUT2D eigenvalue weighted by Gasteiger charge is 2.34. The minimum Gasteiger partial charge on any atom is -0.467 e. The quantitative estimate of drug-likeness (QED) is 0.944. The molecule has 0 unspecified atom stereocenters. The monoisotopic (exact) mass is 312 g/mol. The molecule has 1 aromatic carbocycles. The maximum atomic E-state index is 12.5. The van der Waals surface area contributed by atoms with Gasteiger partial charge in [0.1, 0.15) is 5.76 Å². The highest BCUT2D eigenvalue weighted by atomic mass is 16.3. The summed E-state index contributed by atoms with van der Waals surface area (Å²) in [5, 5.41) is 2.95. The van der Waals surface area contributed by atoms with E-state index in [1.54, 1.807) is 17.2 Å². The number of amides is 2. The molecule has 2 aromatic rings. The topological polar surface area (TPSA) is 62.6 Å². The fourth-order valence-corrected chi connectivity index (χ4v) is 2.80. The Morgan fingerprint density at radius 3 is 2.91 bits per heavy atom. The van der Waals surface area contributed by atoms with Gasteiger partial charge in [0.05, 0.1) is 18.7 Å². The number of rotatable bonds is 4. The molecule has 0 aliphatic carbocycles. The van der Waals surface area contributed by atoms with Gasteiger partial charge in [-0.15, -0.1) is 0 Å². The second-order valence-electron chi connectivity index (χ2n) is 6.06. The summed E-state index contributed by atoms with van der Waals surface area (Å²) in [5.41, 5.74) is 2.92. The molecule has 1 saturated heterocycles. The van der Waals surface area contributed by atoms with Crippen molar-refractivity contribution in [1.82, 2.24) is 4.90 Å². The van der Waals surface area contributed by atoms with Crippen LogP contribution < -0.4 is 5.32 Å². The molecule has 1 aliphatic rings. The Kier molecular flexibility index (Phi) is 4.19. The molecule has 3 rings (SSSR count). The Balaban J connectivity index is 1.64. The van der Waals surface area contributed by atoms with Crippen molar-refractivity contribution in [3.05, 3.63) is 53.5 Å². The number of likely N-dealkylation sites (tertiary alicyclic amines) is 1. The van der Waals surface area contributed by atoms with Gasteiger partial charge >= 0.3 is 0 Å². The Labute approximate surface area is 135 Å². The van der Waals surface area contributed by atoms with Gasteiger partial charge in [-0.3, -0.25) is 9.59 Å². The molecule has 1 atom stereocenters. The fraction of sp³-hybridized carbons (Fsp3) is 0.333. The zero-order valence-corrected chi connectivity index (χ0v) is 13.3. The number of aryl methyl sites for hydroxylation is 2. The smallest absolute Gasteiger partial charge is 0.229 e. The van der Waals surface area contributed by atoms with Gasteiger partial charge in [0.15, 0.2) is 0 Å². The third-order valence-electron chi connectivity index (χ3n) is 4.16. The van der Waals surface area contributed by atoms with E-state index in [-0.39, 0.29) is 24.2 Å². The van der Waals surface area contributed by atoms with Gasteiger partial charge in [-0.05, 0) is 43.2 Å². The molecule has 120 valence electrons. The first-order valence-corrected chi connectivity index (χ1v) is 7.71. The summed E-state index contributed by atoms with van der Waals surface area (Å²) in [6.45, 7) is 4.78. The minimum atomic E-state index is -0.322. The Morgan fingerprint density at radius 2 is 2.17 bits per heavy atom. The van der Waals surface area contributed by atoms with Gasteiger partial charge in [-0.25, -0.2) is 0 Å². The average molecular weight is 312 g/mol. The van der Waals surface area contributed by atoms with Crippen molar-refractivity contribution < 1.29 is 14.0 Å². The third-order valence-corrected chi connectivity index (χ3v) is 4.16. The van der Waals surface area contributed by atoms with E-state index in [1.807, 2.05) is 38.1 Å². The first-order chi connectivity index (χ1) is 11.0. The van der Waals surface area contributed by atoms with Gasteiger partial charge in [0.25, 0.3) is 0 Å². The molecule has 5 nitrogen and oxygen atoms in total. The van der Waals surface area contributed by atoms with E-state index >= 15 is 0 Å². The zero-order valence-electron chi connectivity index (χ0n) is 13.3. The third kappa shape index (κ3) is 3.44. The van der Waals surface area contributed by atoms with Crippen LogP contribution in [0, 0.1) is 19.8 Å². The van der Waals surface area contributed by atoms with Crippen LogP contribution in [-0.2, 0) is 16.1 Å². The van der Waals surface area contributed by atoms with Crippen molar-refractivity contribution in [3.63, 3.8) is 0 Å². The van der Waals surface area contributed by atoms with Crippen LogP contribution in [0.25, 0.3) is 0 Å². The molecule has 0 saturated carbocycles. The number of hydrogen-bond donors (Lipinski definition) is 1. The van der Waals surface area contributed by atoms with Crippen LogP contribution in [0.15, 0.2) is 41.0 Å². The van der Waals surface area contributed by atoms with Crippen molar-refractivity contribution in [2.75, 3.05) is 11.9 Å². The number of benzene rings is 1. The first-order valence-electron chi connectivity index (χ1n) is 7.71. The number of carbonyl (C=O) groups is 2.